The number of hydrogen-bond acceptors (Lipinski definition) is 2. The standard InChI is InChI=1S/C9H11NO.3C2H6/c1-2-9(11)7-5-3-4-6-8(7)10;3*1-2/h3-6H,2,10H2,1H3;3*1-2H3. The van der Waals surface area contributed by atoms with Crippen LogP contribution in [0.4, 0.5) is 5.69 Å². The highest BCUT2D eigenvalue weighted by Gasteiger charge is 2.04. The summed E-state index contributed by atoms with van der Waals surface area (Å²) in [7, 11) is 0. The molecule has 1 aromatic carbocycles. The molecule has 0 heterocycles. The predicted octanol–water partition coefficient (Wildman–Crippen LogP) is 4.94. The first kappa shape index (κ1) is 21.0. The number of nitrogens with two attached hydrogens (primary N) is 1. The number of nitrogen functional groups attached to an aromatic ring is 1. The van der Waals surface area contributed by atoms with Gasteiger partial charge in [0.25, 0.3) is 0 Å². The Morgan fingerprint density at radius 3 is 1.76 bits per heavy atom. The third kappa shape index (κ3) is 9.61. The fraction of sp³-hybridized carbons (Fsp3) is 0.533. The molecule has 1 rings (SSSR count). The van der Waals surface area contributed by atoms with Crippen molar-refractivity contribution in [3.05, 3.63) is 29.8 Å². The smallest absolute Gasteiger partial charge is 0.164 e. The van der Waals surface area contributed by atoms with Crippen LogP contribution in [0.3, 0.4) is 0 Å². The van der Waals surface area contributed by atoms with Crippen LogP contribution in [0.1, 0.15) is 65.2 Å². The van der Waals surface area contributed by atoms with Crippen LogP contribution in [0.2, 0.25) is 0 Å². The highest BCUT2D eigenvalue weighted by molar-refractivity contribution is 6.00. The number of para-hydroxylation sites is 1. The lowest BCUT2D eigenvalue weighted by molar-refractivity contribution is 0.0989. The van der Waals surface area contributed by atoms with Crippen molar-refractivity contribution in [2.24, 2.45) is 0 Å². The SMILES string of the molecule is CC.CC.CC.CCC(=O)c1ccccc1N. The molecule has 0 saturated carbocycles. The number of Topliss-reactive ketones (excluding diaryl/α,β-unsaturated/α-hetero) is 1. The third-order valence-electron chi connectivity index (χ3n) is 1.58. The van der Waals surface area contributed by atoms with Gasteiger partial charge in [0.1, 0.15) is 0 Å². The van der Waals surface area contributed by atoms with E-state index < -0.39 is 0 Å². The van der Waals surface area contributed by atoms with E-state index in [9.17, 15) is 4.79 Å². The largest absolute Gasteiger partial charge is 0.398 e. The van der Waals surface area contributed by atoms with Crippen LogP contribution in [0.25, 0.3) is 0 Å². The maximum absolute atomic E-state index is 11.2. The summed E-state index contributed by atoms with van der Waals surface area (Å²) in [6.07, 6.45) is 0.508. The zero-order chi connectivity index (χ0) is 14.3. The van der Waals surface area contributed by atoms with E-state index in [4.69, 9.17) is 5.73 Å². The monoisotopic (exact) mass is 239 g/mol. The molecule has 0 aromatic heterocycles. The molecule has 0 amide bonds. The molecule has 2 N–H and O–H groups in total. The Kier molecular flexibility index (Phi) is 21.1. The summed E-state index contributed by atoms with van der Waals surface area (Å²) in [5.41, 5.74) is 6.78. The predicted molar refractivity (Wildman–Crippen MR) is 79.5 cm³/mol. The van der Waals surface area contributed by atoms with Crippen molar-refractivity contribution < 1.29 is 4.79 Å². The van der Waals surface area contributed by atoms with Crippen molar-refractivity contribution in [2.75, 3.05) is 5.73 Å². The second-order valence-corrected chi connectivity index (χ2v) is 2.36. The Bertz CT molecular complexity index is 269. The number of carbonyl (C=O) groups is 1. The van der Waals surface area contributed by atoms with Crippen molar-refractivity contribution >= 4 is 11.5 Å². The zero-order valence-electron chi connectivity index (χ0n) is 12.5. The van der Waals surface area contributed by atoms with Gasteiger partial charge < -0.3 is 5.73 Å². The quantitative estimate of drug-likeness (QED) is 0.586. The minimum absolute atomic E-state index is 0.100. The van der Waals surface area contributed by atoms with Gasteiger partial charge >= 0.3 is 0 Å². The molecule has 0 radical (unpaired) electrons. The minimum Gasteiger partial charge on any atom is -0.398 e. The van der Waals surface area contributed by atoms with Crippen LogP contribution in [-0.2, 0) is 0 Å². The topological polar surface area (TPSA) is 43.1 Å². The van der Waals surface area contributed by atoms with Gasteiger partial charge in [-0.3, -0.25) is 4.79 Å². The van der Waals surface area contributed by atoms with Gasteiger partial charge in [-0.05, 0) is 12.1 Å². The molecular weight excluding hydrogens is 210 g/mol. The van der Waals surface area contributed by atoms with E-state index in [-0.39, 0.29) is 5.78 Å². The second-order valence-electron chi connectivity index (χ2n) is 2.36. The molecule has 0 fully saturated rings. The average Bonchev–Trinajstić information content (AvgIpc) is 2.45. The van der Waals surface area contributed by atoms with Gasteiger partial charge in [0, 0.05) is 17.7 Å². The van der Waals surface area contributed by atoms with Crippen molar-refractivity contribution in [1.29, 1.82) is 0 Å². The lowest BCUT2D eigenvalue weighted by Crippen LogP contribution is -2.01. The molecule has 0 spiro atoms. The van der Waals surface area contributed by atoms with Gasteiger partial charge in [0.2, 0.25) is 0 Å². The van der Waals surface area contributed by atoms with Gasteiger partial charge in [0.15, 0.2) is 5.78 Å². The van der Waals surface area contributed by atoms with Crippen molar-refractivity contribution in [3.8, 4) is 0 Å². The number of carbonyl (C=O) groups excluding carboxylic acids is 1. The van der Waals surface area contributed by atoms with Crippen LogP contribution >= 0.6 is 0 Å². The Balaban J connectivity index is -0.000000285. The van der Waals surface area contributed by atoms with Gasteiger partial charge in [-0.15, -0.1) is 0 Å². The second kappa shape index (κ2) is 17.1. The Morgan fingerprint density at radius 1 is 1.00 bits per heavy atom. The number of anilines is 1. The van der Waals surface area contributed by atoms with Crippen LogP contribution < -0.4 is 5.73 Å². The average molecular weight is 239 g/mol. The van der Waals surface area contributed by atoms with E-state index in [1.54, 1.807) is 12.1 Å². The molecule has 0 unspecified atom stereocenters. The lowest BCUT2D eigenvalue weighted by Gasteiger charge is -2.00. The van der Waals surface area contributed by atoms with E-state index in [2.05, 4.69) is 0 Å². The van der Waals surface area contributed by atoms with E-state index in [1.165, 1.54) is 0 Å². The van der Waals surface area contributed by atoms with Gasteiger partial charge in [0.05, 0.1) is 0 Å². The highest BCUT2D eigenvalue weighted by atomic mass is 16.1. The summed E-state index contributed by atoms with van der Waals surface area (Å²) in [6.45, 7) is 13.8. The third-order valence-corrected chi connectivity index (χ3v) is 1.58. The molecule has 2 nitrogen and oxygen atoms in total. The first-order valence-corrected chi connectivity index (χ1v) is 6.63. The maximum atomic E-state index is 11.2. The van der Waals surface area contributed by atoms with Gasteiger partial charge in [-0.25, -0.2) is 0 Å². The molecule has 0 bridgehead atoms. The van der Waals surface area contributed by atoms with E-state index in [1.807, 2.05) is 60.6 Å². The van der Waals surface area contributed by atoms with E-state index in [0.717, 1.165) is 0 Å². The molecule has 2 heteroatoms. The first-order chi connectivity index (χ1) is 8.25. The number of ketones is 1. The minimum atomic E-state index is 0.100. The molecule has 17 heavy (non-hydrogen) atoms. The van der Waals surface area contributed by atoms with Crippen molar-refractivity contribution in [2.45, 2.75) is 54.9 Å². The Hall–Kier alpha value is -1.31. The van der Waals surface area contributed by atoms with Crippen LogP contribution in [0.15, 0.2) is 24.3 Å². The molecule has 0 aliphatic heterocycles. The first-order valence-electron chi connectivity index (χ1n) is 6.63. The maximum Gasteiger partial charge on any atom is 0.164 e. The van der Waals surface area contributed by atoms with Crippen LogP contribution in [0, 0.1) is 0 Å². The summed E-state index contributed by atoms with van der Waals surface area (Å²) < 4.78 is 0. The molecule has 0 saturated heterocycles. The number of benzene rings is 1. The Labute approximate surface area is 107 Å². The summed E-state index contributed by atoms with van der Waals surface area (Å²) in [5.74, 6) is 0.100. The molecule has 1 aromatic rings. The van der Waals surface area contributed by atoms with E-state index >= 15 is 0 Å². The fourth-order valence-electron chi connectivity index (χ4n) is 0.941. The lowest BCUT2D eigenvalue weighted by atomic mass is 10.1. The van der Waals surface area contributed by atoms with Gasteiger partial charge in [-0.1, -0.05) is 60.6 Å². The number of rotatable bonds is 2. The fourth-order valence-corrected chi connectivity index (χ4v) is 0.941. The van der Waals surface area contributed by atoms with Gasteiger partial charge in [-0.2, -0.15) is 0 Å². The molecule has 0 aliphatic carbocycles. The van der Waals surface area contributed by atoms with Crippen molar-refractivity contribution in [3.63, 3.8) is 0 Å². The Morgan fingerprint density at radius 2 is 1.41 bits per heavy atom. The summed E-state index contributed by atoms with van der Waals surface area (Å²) in [6, 6.07) is 7.13. The highest BCUT2D eigenvalue weighted by Crippen LogP contribution is 2.11. The summed E-state index contributed by atoms with van der Waals surface area (Å²) in [4.78, 5) is 11.2. The van der Waals surface area contributed by atoms with Crippen LogP contribution in [-0.4, -0.2) is 5.78 Å². The zero-order valence-corrected chi connectivity index (χ0v) is 12.5. The van der Waals surface area contributed by atoms with E-state index in [0.29, 0.717) is 17.7 Å². The van der Waals surface area contributed by atoms with Crippen molar-refractivity contribution in [1.82, 2.24) is 0 Å². The summed E-state index contributed by atoms with van der Waals surface area (Å²) in [5, 5.41) is 0. The molecule has 0 atom stereocenters. The van der Waals surface area contributed by atoms with Crippen LogP contribution in [0.5, 0.6) is 0 Å². The summed E-state index contributed by atoms with van der Waals surface area (Å²) >= 11 is 0. The number of hydrogen-bond donors (Lipinski definition) is 1. The normalized spacial score (nSPS) is 7.24. The molecular formula is C15H29NO. The molecule has 0 aliphatic rings. The molecule has 100 valence electrons.